The molecule has 0 radical (unpaired) electrons. The van der Waals surface area contributed by atoms with E-state index in [1.54, 1.807) is 6.92 Å². The summed E-state index contributed by atoms with van der Waals surface area (Å²) in [4.78, 5) is 12.8. The maximum absolute atomic E-state index is 13.2. The van der Waals surface area contributed by atoms with Gasteiger partial charge in [-0.2, -0.15) is 4.31 Å². The summed E-state index contributed by atoms with van der Waals surface area (Å²) in [7, 11) is -3.80. The van der Waals surface area contributed by atoms with Gasteiger partial charge in [-0.15, -0.1) is 0 Å². The molecule has 0 bridgehead atoms. The fourth-order valence-electron chi connectivity index (χ4n) is 3.23. The van der Waals surface area contributed by atoms with Gasteiger partial charge in [0.2, 0.25) is 10.0 Å². The van der Waals surface area contributed by atoms with Crippen molar-refractivity contribution in [3.8, 4) is 11.5 Å². The molecule has 32 heavy (non-hydrogen) atoms. The lowest BCUT2D eigenvalue weighted by atomic mass is 10.2. The highest BCUT2D eigenvalue weighted by atomic mass is 32.2. The van der Waals surface area contributed by atoms with Gasteiger partial charge < -0.3 is 19.2 Å². The highest BCUT2D eigenvalue weighted by molar-refractivity contribution is 7.89. The van der Waals surface area contributed by atoms with E-state index in [1.807, 2.05) is 0 Å². The molecule has 2 aromatic carbocycles. The van der Waals surface area contributed by atoms with Crippen molar-refractivity contribution in [1.82, 2.24) is 4.31 Å². The van der Waals surface area contributed by atoms with E-state index in [-0.39, 0.29) is 29.4 Å². The number of amides is 1. The van der Waals surface area contributed by atoms with Gasteiger partial charge in [-0.25, -0.2) is 12.8 Å². The number of anilines is 1. The minimum Gasteiger partial charge on any atom is -0.469 e. The Bertz CT molecular complexity index is 1220. The van der Waals surface area contributed by atoms with E-state index in [1.165, 1.54) is 59.1 Å². The molecule has 4 rings (SSSR count). The van der Waals surface area contributed by atoms with Crippen LogP contribution in [0.25, 0.3) is 0 Å². The largest absolute Gasteiger partial charge is 0.469 e. The van der Waals surface area contributed by atoms with Crippen LogP contribution in [0.5, 0.6) is 11.5 Å². The molecular weight excluding hydrogens is 439 g/mol. The van der Waals surface area contributed by atoms with Gasteiger partial charge in [0.05, 0.1) is 35.6 Å². The van der Waals surface area contributed by atoms with Gasteiger partial charge in [-0.05, 0) is 55.5 Å². The van der Waals surface area contributed by atoms with Crippen molar-refractivity contribution in [3.63, 3.8) is 0 Å². The number of ether oxygens (including phenoxy) is 2. The number of benzene rings is 2. The summed E-state index contributed by atoms with van der Waals surface area (Å²) in [6.45, 7) is 2.75. The number of halogens is 1. The molecule has 8 nitrogen and oxygen atoms in total. The van der Waals surface area contributed by atoms with Crippen LogP contribution < -0.4 is 10.1 Å². The van der Waals surface area contributed by atoms with E-state index in [0.29, 0.717) is 30.3 Å². The summed E-state index contributed by atoms with van der Waals surface area (Å²) in [6, 6.07) is 11.0. The smallest absolute Gasteiger partial charge is 0.259 e. The number of nitrogens with zero attached hydrogens (tertiary/aromatic N) is 1. The van der Waals surface area contributed by atoms with Crippen LogP contribution in [0.4, 0.5) is 10.1 Å². The van der Waals surface area contributed by atoms with Crippen molar-refractivity contribution in [1.29, 1.82) is 0 Å². The average Bonchev–Trinajstić information content (AvgIpc) is 3.23. The predicted molar refractivity (Wildman–Crippen MR) is 114 cm³/mol. The summed E-state index contributed by atoms with van der Waals surface area (Å²) in [6.07, 6.45) is 1.39. The van der Waals surface area contributed by atoms with Gasteiger partial charge >= 0.3 is 0 Å². The topological polar surface area (TPSA) is 98.1 Å². The standard InChI is InChI=1S/C22H21FN2O6S/c1-15-19(8-11-30-15)22(26)24-20-14-18(32(27,28)25-9-12-29-13-10-25)6-7-21(20)31-17-4-2-16(23)3-5-17/h2-8,11,14H,9-10,12-13H2,1H3,(H,24,26). The Morgan fingerprint density at radius 1 is 1.09 bits per heavy atom. The molecule has 1 N–H and O–H groups in total. The zero-order valence-electron chi connectivity index (χ0n) is 17.2. The highest BCUT2D eigenvalue weighted by Crippen LogP contribution is 2.33. The number of carbonyl (C=O) groups excluding carboxylic acids is 1. The number of hydrogen-bond donors (Lipinski definition) is 1. The van der Waals surface area contributed by atoms with E-state index in [2.05, 4.69) is 5.32 Å². The number of rotatable bonds is 6. The molecule has 3 aromatic rings. The monoisotopic (exact) mass is 460 g/mol. The van der Waals surface area contributed by atoms with Gasteiger partial charge in [0.25, 0.3) is 5.91 Å². The van der Waals surface area contributed by atoms with Crippen LogP contribution in [0.3, 0.4) is 0 Å². The number of nitrogens with one attached hydrogen (secondary N) is 1. The van der Waals surface area contributed by atoms with Gasteiger partial charge in [0.1, 0.15) is 17.3 Å². The number of sulfonamides is 1. The molecule has 0 spiro atoms. The molecule has 0 unspecified atom stereocenters. The second-order valence-electron chi connectivity index (χ2n) is 7.07. The van der Waals surface area contributed by atoms with Crippen molar-refractivity contribution in [2.75, 3.05) is 31.6 Å². The van der Waals surface area contributed by atoms with Crippen molar-refractivity contribution in [2.45, 2.75) is 11.8 Å². The first-order chi connectivity index (χ1) is 15.3. The number of morpholine rings is 1. The average molecular weight is 460 g/mol. The van der Waals surface area contributed by atoms with E-state index >= 15 is 0 Å². The first-order valence-corrected chi connectivity index (χ1v) is 11.3. The Hall–Kier alpha value is -3.21. The lowest BCUT2D eigenvalue weighted by Gasteiger charge is -2.26. The Kier molecular flexibility index (Phi) is 6.26. The molecule has 0 atom stereocenters. The van der Waals surface area contributed by atoms with Crippen LogP contribution in [-0.4, -0.2) is 44.9 Å². The molecule has 1 aliphatic heterocycles. The zero-order chi connectivity index (χ0) is 22.7. The summed E-state index contributed by atoms with van der Waals surface area (Å²) >= 11 is 0. The van der Waals surface area contributed by atoms with Crippen LogP contribution in [0.2, 0.25) is 0 Å². The molecule has 0 aliphatic carbocycles. The van der Waals surface area contributed by atoms with Crippen LogP contribution in [0.1, 0.15) is 16.1 Å². The molecule has 168 valence electrons. The minimum absolute atomic E-state index is 0.00470. The van der Waals surface area contributed by atoms with E-state index in [9.17, 15) is 17.6 Å². The second kappa shape index (κ2) is 9.11. The van der Waals surface area contributed by atoms with Gasteiger partial charge in [-0.3, -0.25) is 4.79 Å². The highest BCUT2D eigenvalue weighted by Gasteiger charge is 2.27. The molecule has 10 heteroatoms. The number of furan rings is 1. The third-order valence-electron chi connectivity index (χ3n) is 4.95. The summed E-state index contributed by atoms with van der Waals surface area (Å²) in [5.74, 6) is 0.0344. The quantitative estimate of drug-likeness (QED) is 0.601. The first-order valence-electron chi connectivity index (χ1n) is 9.85. The third-order valence-corrected chi connectivity index (χ3v) is 6.85. The SMILES string of the molecule is Cc1occc1C(=O)Nc1cc(S(=O)(=O)N2CCOCC2)ccc1Oc1ccc(F)cc1. The molecule has 2 heterocycles. The lowest BCUT2D eigenvalue weighted by Crippen LogP contribution is -2.40. The zero-order valence-corrected chi connectivity index (χ0v) is 18.0. The van der Waals surface area contributed by atoms with Crippen molar-refractivity contribution >= 4 is 21.6 Å². The Morgan fingerprint density at radius 3 is 2.47 bits per heavy atom. The molecule has 1 aliphatic rings. The minimum atomic E-state index is -3.80. The van der Waals surface area contributed by atoms with E-state index in [0.717, 1.165) is 0 Å². The Morgan fingerprint density at radius 2 is 1.81 bits per heavy atom. The molecule has 1 saturated heterocycles. The fraction of sp³-hybridized carbons (Fsp3) is 0.227. The van der Waals surface area contributed by atoms with Gasteiger partial charge in [0.15, 0.2) is 5.75 Å². The fourth-order valence-corrected chi connectivity index (χ4v) is 4.67. The van der Waals surface area contributed by atoms with Crippen LogP contribution in [0.15, 0.2) is 64.1 Å². The van der Waals surface area contributed by atoms with Crippen molar-refractivity contribution in [2.24, 2.45) is 0 Å². The number of aryl methyl sites for hydroxylation is 1. The molecular formula is C22H21FN2O6S. The van der Waals surface area contributed by atoms with Gasteiger partial charge in [0, 0.05) is 13.1 Å². The van der Waals surface area contributed by atoms with Crippen molar-refractivity contribution in [3.05, 3.63) is 71.9 Å². The molecule has 0 saturated carbocycles. The van der Waals surface area contributed by atoms with Crippen LogP contribution >= 0.6 is 0 Å². The lowest BCUT2D eigenvalue weighted by molar-refractivity contribution is 0.0730. The normalized spacial score (nSPS) is 14.8. The summed E-state index contributed by atoms with van der Waals surface area (Å²) < 4.78 is 56.9. The third kappa shape index (κ3) is 4.67. The molecule has 1 aromatic heterocycles. The Balaban J connectivity index is 1.69. The van der Waals surface area contributed by atoms with Crippen LogP contribution in [-0.2, 0) is 14.8 Å². The maximum Gasteiger partial charge on any atom is 0.259 e. The Labute approximate surface area is 184 Å². The number of carbonyl (C=O) groups is 1. The predicted octanol–water partition coefficient (Wildman–Crippen LogP) is 3.79. The van der Waals surface area contributed by atoms with Gasteiger partial charge in [-0.1, -0.05) is 0 Å². The van der Waals surface area contributed by atoms with E-state index < -0.39 is 21.7 Å². The van der Waals surface area contributed by atoms with E-state index in [4.69, 9.17) is 13.9 Å². The first kappa shape index (κ1) is 22.0. The van der Waals surface area contributed by atoms with Crippen molar-refractivity contribution < 1.29 is 31.5 Å². The summed E-state index contributed by atoms with van der Waals surface area (Å²) in [5, 5.41) is 2.70. The number of hydrogen-bond acceptors (Lipinski definition) is 6. The summed E-state index contributed by atoms with van der Waals surface area (Å²) in [5.41, 5.74) is 0.452. The molecule has 1 amide bonds. The second-order valence-corrected chi connectivity index (χ2v) is 9.01. The molecule has 1 fully saturated rings. The maximum atomic E-state index is 13.2. The van der Waals surface area contributed by atoms with Crippen LogP contribution in [0, 0.1) is 12.7 Å².